The van der Waals surface area contributed by atoms with E-state index in [0.29, 0.717) is 6.54 Å². The number of ether oxygens (including phenoxy) is 1. The molecule has 2 aliphatic rings. The van der Waals surface area contributed by atoms with Crippen LogP contribution in [0.3, 0.4) is 0 Å². The number of benzene rings is 1. The van der Waals surface area contributed by atoms with E-state index >= 15 is 0 Å². The number of hydrogen-bond donors (Lipinski definition) is 2. The average molecular weight is 259 g/mol. The Labute approximate surface area is 112 Å². The number of carbonyl (C=O) groups is 1. The summed E-state index contributed by atoms with van der Waals surface area (Å²) < 4.78 is 5.81. The van der Waals surface area contributed by atoms with Crippen molar-refractivity contribution < 1.29 is 9.53 Å². The Hall–Kier alpha value is -2.17. The molecular weight excluding hydrogens is 242 g/mol. The van der Waals surface area contributed by atoms with E-state index in [-0.39, 0.29) is 11.6 Å². The molecule has 1 aromatic carbocycles. The summed E-state index contributed by atoms with van der Waals surface area (Å²) in [6.45, 7) is 4.70. The van der Waals surface area contributed by atoms with E-state index in [1.54, 1.807) is 6.20 Å². The Morgan fingerprint density at radius 1 is 1.47 bits per heavy atom. The molecule has 2 N–H and O–H groups in total. The molecule has 0 radical (unpaired) electrons. The van der Waals surface area contributed by atoms with Gasteiger partial charge < -0.3 is 15.5 Å². The molecule has 1 aromatic rings. The highest BCUT2D eigenvalue weighted by Gasteiger charge is 2.30. The second-order valence-corrected chi connectivity index (χ2v) is 5.43. The summed E-state index contributed by atoms with van der Waals surface area (Å²) in [7, 11) is 0. The monoisotopic (exact) mass is 259 g/mol. The first-order chi connectivity index (χ1) is 9.03. The number of anilines is 1. The predicted molar refractivity (Wildman–Crippen MR) is 72.9 cm³/mol. The molecule has 0 saturated heterocycles. The van der Waals surface area contributed by atoms with Crippen LogP contribution in [0.25, 0.3) is 0 Å². The molecule has 2 aliphatic heterocycles. The van der Waals surface area contributed by atoms with Crippen molar-refractivity contribution in [2.75, 3.05) is 11.9 Å². The summed E-state index contributed by atoms with van der Waals surface area (Å²) in [6.07, 6.45) is 4.49. The quantitative estimate of drug-likeness (QED) is 0.813. The summed E-state index contributed by atoms with van der Waals surface area (Å²) >= 11 is 0. The first-order valence-corrected chi connectivity index (χ1v) is 6.35. The highest BCUT2D eigenvalue weighted by Crippen LogP contribution is 2.36. The maximum atomic E-state index is 11.9. The number of rotatable bonds is 1. The van der Waals surface area contributed by atoms with Gasteiger partial charge in [-0.15, -0.1) is 0 Å². The number of amides is 2. The molecule has 0 aromatic heterocycles. The number of carbonyl (C=O) groups excluding carboxylic acids is 1. The molecule has 0 saturated carbocycles. The van der Waals surface area contributed by atoms with Crippen LogP contribution in [-0.2, 0) is 6.42 Å². The van der Waals surface area contributed by atoms with Gasteiger partial charge in [0, 0.05) is 23.9 Å². The van der Waals surface area contributed by atoms with Crippen molar-refractivity contribution in [1.82, 2.24) is 10.4 Å². The summed E-state index contributed by atoms with van der Waals surface area (Å²) in [6, 6.07) is 5.59. The summed E-state index contributed by atoms with van der Waals surface area (Å²) in [5.74, 6) is 0.906. The molecule has 100 valence electrons. The van der Waals surface area contributed by atoms with E-state index in [2.05, 4.69) is 24.6 Å². The number of nitrogens with one attached hydrogen (secondary N) is 2. The van der Waals surface area contributed by atoms with Crippen LogP contribution in [0.2, 0.25) is 0 Å². The van der Waals surface area contributed by atoms with Crippen molar-refractivity contribution in [1.29, 1.82) is 0 Å². The molecule has 0 fully saturated rings. The van der Waals surface area contributed by atoms with Gasteiger partial charge in [-0.1, -0.05) is 0 Å². The molecule has 5 heteroatoms. The van der Waals surface area contributed by atoms with Crippen molar-refractivity contribution >= 4 is 11.7 Å². The zero-order valence-electron chi connectivity index (χ0n) is 11.1. The molecular formula is C14H17N3O2. The number of hydrazine groups is 1. The second kappa shape index (κ2) is 4.19. The number of hydrogen-bond acceptors (Lipinski definition) is 3. The number of nitrogens with zero attached hydrogens (tertiary/aromatic N) is 1. The molecule has 19 heavy (non-hydrogen) atoms. The van der Waals surface area contributed by atoms with Crippen molar-refractivity contribution in [3.8, 4) is 5.75 Å². The lowest BCUT2D eigenvalue weighted by molar-refractivity contribution is 0.138. The lowest BCUT2D eigenvalue weighted by Crippen LogP contribution is -2.39. The van der Waals surface area contributed by atoms with Gasteiger partial charge in [-0.2, -0.15) is 0 Å². The van der Waals surface area contributed by atoms with Gasteiger partial charge in [-0.3, -0.25) is 0 Å². The third-order valence-corrected chi connectivity index (χ3v) is 3.20. The molecule has 3 rings (SSSR count). The molecule has 0 aliphatic carbocycles. The Kier molecular flexibility index (Phi) is 2.62. The third-order valence-electron chi connectivity index (χ3n) is 3.20. The van der Waals surface area contributed by atoms with Gasteiger partial charge in [0.15, 0.2) is 0 Å². The maximum Gasteiger partial charge on any atom is 0.340 e. The summed E-state index contributed by atoms with van der Waals surface area (Å²) in [5.41, 5.74) is 4.62. The van der Waals surface area contributed by atoms with E-state index in [4.69, 9.17) is 4.74 Å². The van der Waals surface area contributed by atoms with Crippen LogP contribution in [0.5, 0.6) is 5.75 Å². The standard InChI is InChI=1S/C14H17N3O2/c1-14(2)9-10-8-11(4-5-12(10)19-14)16-13(18)17-7-3-6-15-17/h3-6,8,15H,7,9H2,1-2H3,(H,16,18). The van der Waals surface area contributed by atoms with Crippen molar-refractivity contribution in [3.05, 3.63) is 36.0 Å². The van der Waals surface area contributed by atoms with E-state index < -0.39 is 0 Å². The smallest absolute Gasteiger partial charge is 0.340 e. The highest BCUT2D eigenvalue weighted by molar-refractivity contribution is 5.89. The minimum atomic E-state index is -0.164. The van der Waals surface area contributed by atoms with Crippen molar-refractivity contribution in [2.45, 2.75) is 25.9 Å². The number of fused-ring (bicyclic) bond motifs is 1. The molecule has 2 heterocycles. The van der Waals surface area contributed by atoms with Gasteiger partial charge in [0.2, 0.25) is 0 Å². The zero-order chi connectivity index (χ0) is 13.5. The number of urea groups is 1. The lowest BCUT2D eigenvalue weighted by atomic mass is 10.0. The molecule has 0 atom stereocenters. The highest BCUT2D eigenvalue weighted by atomic mass is 16.5. The second-order valence-electron chi connectivity index (χ2n) is 5.43. The fraction of sp³-hybridized carbons (Fsp3) is 0.357. The fourth-order valence-electron chi connectivity index (χ4n) is 2.37. The van der Waals surface area contributed by atoms with Crippen molar-refractivity contribution in [3.63, 3.8) is 0 Å². The van der Waals surface area contributed by atoms with Gasteiger partial charge >= 0.3 is 6.03 Å². The van der Waals surface area contributed by atoms with Crippen LogP contribution >= 0.6 is 0 Å². The Morgan fingerprint density at radius 3 is 3.05 bits per heavy atom. The van der Waals surface area contributed by atoms with Gasteiger partial charge in [-0.25, -0.2) is 9.80 Å². The predicted octanol–water partition coefficient (Wildman–Crippen LogP) is 2.27. The van der Waals surface area contributed by atoms with E-state index in [1.807, 2.05) is 24.3 Å². The van der Waals surface area contributed by atoms with Crippen LogP contribution in [0, 0.1) is 0 Å². The fourth-order valence-corrected chi connectivity index (χ4v) is 2.37. The molecule has 2 amide bonds. The van der Waals surface area contributed by atoms with Gasteiger partial charge in [0.25, 0.3) is 0 Å². The van der Waals surface area contributed by atoms with Crippen LogP contribution < -0.4 is 15.5 Å². The Balaban J connectivity index is 1.72. The molecule has 0 spiro atoms. The van der Waals surface area contributed by atoms with Gasteiger partial charge in [0.1, 0.15) is 11.4 Å². The first kappa shape index (κ1) is 11.9. The lowest BCUT2D eigenvalue weighted by Gasteiger charge is -2.17. The molecule has 0 unspecified atom stereocenters. The SMILES string of the molecule is CC1(C)Cc2cc(NC(=O)N3CC=CN3)ccc2O1. The topological polar surface area (TPSA) is 53.6 Å². The average Bonchev–Trinajstić information content (AvgIpc) is 2.93. The normalized spacial score (nSPS) is 18.7. The van der Waals surface area contributed by atoms with Crippen LogP contribution in [0.15, 0.2) is 30.5 Å². The van der Waals surface area contributed by atoms with E-state index in [0.717, 1.165) is 23.4 Å². The van der Waals surface area contributed by atoms with Crippen LogP contribution in [0.4, 0.5) is 10.5 Å². The maximum absolute atomic E-state index is 11.9. The Bertz CT molecular complexity index is 544. The van der Waals surface area contributed by atoms with Crippen molar-refractivity contribution in [2.24, 2.45) is 0 Å². The Morgan fingerprint density at radius 2 is 2.32 bits per heavy atom. The first-order valence-electron chi connectivity index (χ1n) is 6.35. The summed E-state index contributed by atoms with van der Waals surface area (Å²) in [4.78, 5) is 11.9. The molecule has 0 bridgehead atoms. The minimum Gasteiger partial charge on any atom is -0.487 e. The summed E-state index contributed by atoms with van der Waals surface area (Å²) in [5, 5.41) is 4.38. The third kappa shape index (κ3) is 2.36. The van der Waals surface area contributed by atoms with E-state index in [9.17, 15) is 4.79 Å². The zero-order valence-corrected chi connectivity index (χ0v) is 11.1. The largest absolute Gasteiger partial charge is 0.487 e. The van der Waals surface area contributed by atoms with Crippen LogP contribution in [0.1, 0.15) is 19.4 Å². The van der Waals surface area contributed by atoms with Gasteiger partial charge in [-0.05, 0) is 38.1 Å². The minimum absolute atomic E-state index is 0.161. The molecule has 5 nitrogen and oxygen atoms in total. The van der Waals surface area contributed by atoms with Crippen LogP contribution in [-0.4, -0.2) is 23.2 Å². The van der Waals surface area contributed by atoms with Gasteiger partial charge in [0.05, 0.1) is 6.54 Å². The van der Waals surface area contributed by atoms with E-state index in [1.165, 1.54) is 5.01 Å².